The van der Waals surface area contributed by atoms with E-state index in [4.69, 9.17) is 0 Å². The lowest BCUT2D eigenvalue weighted by Crippen LogP contribution is -2.15. The van der Waals surface area contributed by atoms with Gasteiger partial charge in [-0.15, -0.1) is 0 Å². The number of hydrogen-bond acceptors (Lipinski definition) is 1. The molecule has 0 amide bonds. The van der Waals surface area contributed by atoms with Crippen LogP contribution in [0.5, 0.6) is 0 Å². The molecule has 0 fully saturated rings. The Morgan fingerprint density at radius 1 is 1.19 bits per heavy atom. The van der Waals surface area contributed by atoms with Crippen LogP contribution in [0.3, 0.4) is 0 Å². The minimum atomic E-state index is -0.336. The average molecular weight is 220 g/mol. The van der Waals surface area contributed by atoms with Gasteiger partial charge in [-0.1, -0.05) is 58.4 Å². The van der Waals surface area contributed by atoms with Crippen LogP contribution in [0.4, 0.5) is 0 Å². The van der Waals surface area contributed by atoms with Gasteiger partial charge in [-0.2, -0.15) is 0 Å². The van der Waals surface area contributed by atoms with Crippen molar-refractivity contribution in [2.45, 2.75) is 46.6 Å². The van der Waals surface area contributed by atoms with Gasteiger partial charge in [0.25, 0.3) is 0 Å². The first-order chi connectivity index (χ1) is 7.56. The third kappa shape index (κ3) is 3.34. The third-order valence-corrected chi connectivity index (χ3v) is 3.38. The van der Waals surface area contributed by atoms with Crippen LogP contribution in [-0.2, 0) is 6.42 Å². The molecule has 0 saturated heterocycles. The largest absolute Gasteiger partial charge is 0.388 e. The summed E-state index contributed by atoms with van der Waals surface area (Å²) >= 11 is 0. The first-order valence-corrected chi connectivity index (χ1v) is 6.33. The SMILES string of the molecule is CCCc1cccc(C(O)C(C)C(C)C)c1. The minimum absolute atomic E-state index is 0.303. The van der Waals surface area contributed by atoms with Gasteiger partial charge in [0.15, 0.2) is 0 Å². The van der Waals surface area contributed by atoms with Gasteiger partial charge in [0.2, 0.25) is 0 Å². The molecule has 2 atom stereocenters. The molecular weight excluding hydrogens is 196 g/mol. The van der Waals surface area contributed by atoms with Gasteiger partial charge in [-0.3, -0.25) is 0 Å². The Labute approximate surface area is 99.5 Å². The topological polar surface area (TPSA) is 20.2 Å². The van der Waals surface area contributed by atoms with E-state index in [1.165, 1.54) is 5.56 Å². The van der Waals surface area contributed by atoms with Crippen LogP contribution < -0.4 is 0 Å². The van der Waals surface area contributed by atoms with E-state index < -0.39 is 0 Å². The van der Waals surface area contributed by atoms with E-state index in [1.54, 1.807) is 0 Å². The van der Waals surface area contributed by atoms with Crippen molar-refractivity contribution in [1.29, 1.82) is 0 Å². The highest BCUT2D eigenvalue weighted by atomic mass is 16.3. The molecule has 1 aromatic carbocycles. The number of hydrogen-bond donors (Lipinski definition) is 1. The molecule has 0 aromatic heterocycles. The van der Waals surface area contributed by atoms with E-state index in [9.17, 15) is 5.11 Å². The molecule has 16 heavy (non-hydrogen) atoms. The fourth-order valence-corrected chi connectivity index (χ4v) is 1.89. The molecule has 0 aliphatic heterocycles. The normalized spacial score (nSPS) is 15.1. The van der Waals surface area contributed by atoms with Gasteiger partial charge in [0.05, 0.1) is 6.10 Å². The molecule has 90 valence electrons. The molecule has 1 heteroatoms. The molecule has 1 rings (SSSR count). The molecular formula is C15H24O. The number of aryl methyl sites for hydroxylation is 1. The van der Waals surface area contributed by atoms with Gasteiger partial charge in [-0.05, 0) is 29.4 Å². The van der Waals surface area contributed by atoms with E-state index in [0.717, 1.165) is 18.4 Å². The van der Waals surface area contributed by atoms with Crippen molar-refractivity contribution in [1.82, 2.24) is 0 Å². The van der Waals surface area contributed by atoms with Crippen molar-refractivity contribution in [2.75, 3.05) is 0 Å². The van der Waals surface area contributed by atoms with Gasteiger partial charge in [0.1, 0.15) is 0 Å². The summed E-state index contributed by atoms with van der Waals surface area (Å²) in [6.45, 7) is 8.61. The molecule has 0 saturated carbocycles. The van der Waals surface area contributed by atoms with E-state index >= 15 is 0 Å². The van der Waals surface area contributed by atoms with E-state index in [-0.39, 0.29) is 6.10 Å². The van der Waals surface area contributed by atoms with Crippen molar-refractivity contribution in [2.24, 2.45) is 11.8 Å². The van der Waals surface area contributed by atoms with E-state index in [0.29, 0.717) is 11.8 Å². The summed E-state index contributed by atoms with van der Waals surface area (Å²) in [6.07, 6.45) is 1.91. The second kappa shape index (κ2) is 6.05. The third-order valence-electron chi connectivity index (χ3n) is 3.38. The van der Waals surface area contributed by atoms with E-state index in [2.05, 4.69) is 45.9 Å². The van der Waals surface area contributed by atoms with Crippen LogP contribution in [0.2, 0.25) is 0 Å². The number of aliphatic hydroxyl groups is 1. The zero-order valence-corrected chi connectivity index (χ0v) is 10.9. The fourth-order valence-electron chi connectivity index (χ4n) is 1.89. The second-order valence-electron chi connectivity index (χ2n) is 5.04. The fraction of sp³-hybridized carbons (Fsp3) is 0.600. The number of aliphatic hydroxyl groups excluding tert-OH is 1. The number of rotatable bonds is 5. The van der Waals surface area contributed by atoms with Crippen LogP contribution in [0.25, 0.3) is 0 Å². The van der Waals surface area contributed by atoms with Crippen LogP contribution in [0, 0.1) is 11.8 Å². The lowest BCUT2D eigenvalue weighted by molar-refractivity contribution is 0.0920. The minimum Gasteiger partial charge on any atom is -0.388 e. The predicted molar refractivity (Wildman–Crippen MR) is 69.4 cm³/mol. The zero-order valence-electron chi connectivity index (χ0n) is 10.9. The van der Waals surface area contributed by atoms with Crippen LogP contribution >= 0.6 is 0 Å². The van der Waals surface area contributed by atoms with Crippen molar-refractivity contribution in [3.8, 4) is 0 Å². The summed E-state index contributed by atoms with van der Waals surface area (Å²) in [5.74, 6) is 0.807. The summed E-state index contributed by atoms with van der Waals surface area (Å²) in [5, 5.41) is 10.3. The van der Waals surface area contributed by atoms with Crippen molar-refractivity contribution >= 4 is 0 Å². The summed E-state index contributed by atoms with van der Waals surface area (Å²) in [7, 11) is 0. The highest BCUT2D eigenvalue weighted by molar-refractivity contribution is 5.25. The Balaban J connectivity index is 2.82. The second-order valence-corrected chi connectivity index (χ2v) is 5.04. The molecule has 1 N–H and O–H groups in total. The molecule has 0 aliphatic rings. The van der Waals surface area contributed by atoms with Crippen LogP contribution in [0.1, 0.15) is 51.3 Å². The maximum Gasteiger partial charge on any atom is 0.0818 e. The zero-order chi connectivity index (χ0) is 12.1. The lowest BCUT2D eigenvalue weighted by Gasteiger charge is -2.23. The molecule has 0 heterocycles. The number of benzene rings is 1. The Kier molecular flexibility index (Phi) is 5.01. The quantitative estimate of drug-likeness (QED) is 0.796. The monoisotopic (exact) mass is 220 g/mol. The summed E-state index contributed by atoms with van der Waals surface area (Å²) in [4.78, 5) is 0. The Bertz CT molecular complexity index is 317. The first kappa shape index (κ1) is 13.2. The van der Waals surface area contributed by atoms with Crippen molar-refractivity contribution in [3.05, 3.63) is 35.4 Å². The first-order valence-electron chi connectivity index (χ1n) is 6.33. The Morgan fingerprint density at radius 3 is 2.44 bits per heavy atom. The van der Waals surface area contributed by atoms with Gasteiger partial charge in [0, 0.05) is 0 Å². The van der Waals surface area contributed by atoms with Crippen molar-refractivity contribution < 1.29 is 5.11 Å². The average Bonchev–Trinajstić information content (AvgIpc) is 2.28. The molecule has 2 unspecified atom stereocenters. The van der Waals surface area contributed by atoms with Gasteiger partial charge >= 0.3 is 0 Å². The van der Waals surface area contributed by atoms with Crippen LogP contribution in [-0.4, -0.2) is 5.11 Å². The molecule has 1 nitrogen and oxygen atoms in total. The van der Waals surface area contributed by atoms with Crippen LogP contribution in [0.15, 0.2) is 24.3 Å². The Hall–Kier alpha value is -0.820. The highest BCUT2D eigenvalue weighted by Crippen LogP contribution is 2.28. The molecule has 0 bridgehead atoms. The molecule has 0 radical (unpaired) electrons. The Morgan fingerprint density at radius 2 is 1.88 bits per heavy atom. The standard InChI is InChI=1S/C15H24O/c1-5-7-13-8-6-9-14(10-13)15(16)12(4)11(2)3/h6,8-12,15-16H,5,7H2,1-4H3. The smallest absolute Gasteiger partial charge is 0.0818 e. The van der Waals surface area contributed by atoms with Gasteiger partial charge in [-0.25, -0.2) is 0 Å². The van der Waals surface area contributed by atoms with E-state index in [1.807, 2.05) is 6.07 Å². The molecule has 0 spiro atoms. The predicted octanol–water partition coefficient (Wildman–Crippen LogP) is 3.96. The maximum atomic E-state index is 10.3. The van der Waals surface area contributed by atoms with Gasteiger partial charge < -0.3 is 5.11 Å². The summed E-state index contributed by atoms with van der Waals surface area (Å²) in [6, 6.07) is 8.37. The molecule has 1 aromatic rings. The summed E-state index contributed by atoms with van der Waals surface area (Å²) in [5.41, 5.74) is 2.39. The summed E-state index contributed by atoms with van der Waals surface area (Å²) < 4.78 is 0. The lowest BCUT2D eigenvalue weighted by atomic mass is 9.87. The maximum absolute atomic E-state index is 10.3. The highest BCUT2D eigenvalue weighted by Gasteiger charge is 2.19. The molecule has 0 aliphatic carbocycles. The van der Waals surface area contributed by atoms with Crippen molar-refractivity contribution in [3.63, 3.8) is 0 Å².